The van der Waals surface area contributed by atoms with Gasteiger partial charge in [-0.25, -0.2) is 0 Å². The molecule has 0 heterocycles. The van der Waals surface area contributed by atoms with E-state index in [-0.39, 0.29) is 6.10 Å². The van der Waals surface area contributed by atoms with E-state index < -0.39 is 0 Å². The molecule has 0 aromatic rings. The van der Waals surface area contributed by atoms with Crippen LogP contribution in [0.15, 0.2) is 0 Å². The molecule has 12 heavy (non-hydrogen) atoms. The third-order valence-corrected chi connectivity index (χ3v) is 1.89. The van der Waals surface area contributed by atoms with Crippen molar-refractivity contribution in [3.05, 3.63) is 0 Å². The lowest BCUT2D eigenvalue weighted by molar-refractivity contribution is 0.0222. The molecule has 74 valence electrons. The average Bonchev–Trinajstić information content (AvgIpc) is 2.10. The molecule has 3 heteroatoms. The van der Waals surface area contributed by atoms with E-state index >= 15 is 0 Å². The molecule has 0 amide bonds. The molecule has 0 aliphatic rings. The van der Waals surface area contributed by atoms with Gasteiger partial charge in [0.15, 0.2) is 0 Å². The minimum absolute atomic E-state index is 0.270. The highest BCUT2D eigenvalue weighted by molar-refractivity contribution is 4.56. The molecular weight excluding hydrogens is 154 g/mol. The summed E-state index contributed by atoms with van der Waals surface area (Å²) in [5, 5.41) is 3.12. The van der Waals surface area contributed by atoms with Crippen LogP contribution in [0.5, 0.6) is 0 Å². The maximum atomic E-state index is 5.23. The van der Waals surface area contributed by atoms with Crippen LogP contribution in [0.25, 0.3) is 0 Å². The highest BCUT2D eigenvalue weighted by atomic mass is 16.5. The molecule has 0 radical (unpaired) electrons. The van der Waals surface area contributed by atoms with Gasteiger partial charge in [-0.1, -0.05) is 0 Å². The summed E-state index contributed by atoms with van der Waals surface area (Å²) in [6.45, 7) is 1.79. The standard InChI is InChI=1S/C9H21NO2/c1-10-7-5-4-6-9(12-3)8-11-2/h9-10H,4-8H2,1-3H3. The molecule has 0 rings (SSSR count). The predicted molar refractivity (Wildman–Crippen MR) is 50.5 cm³/mol. The summed E-state index contributed by atoms with van der Waals surface area (Å²) >= 11 is 0. The summed E-state index contributed by atoms with van der Waals surface area (Å²) in [6.07, 6.45) is 3.77. The van der Waals surface area contributed by atoms with Crippen LogP contribution in [0.1, 0.15) is 19.3 Å². The molecule has 3 nitrogen and oxygen atoms in total. The van der Waals surface area contributed by atoms with E-state index in [9.17, 15) is 0 Å². The van der Waals surface area contributed by atoms with Gasteiger partial charge in [-0.15, -0.1) is 0 Å². The molecule has 0 bridgehead atoms. The summed E-state index contributed by atoms with van der Waals surface area (Å²) < 4.78 is 10.2. The van der Waals surface area contributed by atoms with Gasteiger partial charge in [-0.3, -0.25) is 0 Å². The topological polar surface area (TPSA) is 30.5 Å². The van der Waals surface area contributed by atoms with Crippen molar-refractivity contribution in [1.29, 1.82) is 0 Å². The number of rotatable bonds is 8. The monoisotopic (exact) mass is 175 g/mol. The molecule has 0 spiro atoms. The van der Waals surface area contributed by atoms with E-state index in [1.807, 2.05) is 7.05 Å². The first-order valence-electron chi connectivity index (χ1n) is 4.51. The first-order valence-corrected chi connectivity index (χ1v) is 4.51. The number of hydrogen-bond acceptors (Lipinski definition) is 3. The Bertz CT molecular complexity index is 88.6. The molecule has 1 unspecified atom stereocenters. The Balaban J connectivity index is 3.19. The molecule has 1 N–H and O–H groups in total. The van der Waals surface area contributed by atoms with Gasteiger partial charge in [0.2, 0.25) is 0 Å². The molecule has 0 saturated heterocycles. The molecule has 1 atom stereocenters. The van der Waals surface area contributed by atoms with Crippen LogP contribution < -0.4 is 5.32 Å². The average molecular weight is 175 g/mol. The SMILES string of the molecule is CNCCCCC(COC)OC. The van der Waals surface area contributed by atoms with E-state index in [4.69, 9.17) is 9.47 Å². The van der Waals surface area contributed by atoms with Gasteiger partial charge in [-0.2, -0.15) is 0 Å². The van der Waals surface area contributed by atoms with Crippen molar-refractivity contribution in [3.8, 4) is 0 Å². The summed E-state index contributed by atoms with van der Waals surface area (Å²) in [5.74, 6) is 0. The zero-order chi connectivity index (χ0) is 9.23. The van der Waals surface area contributed by atoms with E-state index in [1.54, 1.807) is 14.2 Å². The van der Waals surface area contributed by atoms with Gasteiger partial charge in [0.05, 0.1) is 12.7 Å². The van der Waals surface area contributed by atoms with E-state index in [2.05, 4.69) is 5.32 Å². The van der Waals surface area contributed by atoms with Crippen LogP contribution >= 0.6 is 0 Å². The van der Waals surface area contributed by atoms with E-state index in [0.29, 0.717) is 6.61 Å². The van der Waals surface area contributed by atoms with Crippen LogP contribution in [0, 0.1) is 0 Å². The number of ether oxygens (including phenoxy) is 2. The molecule has 0 fully saturated rings. The number of hydrogen-bond donors (Lipinski definition) is 1. The quantitative estimate of drug-likeness (QED) is 0.559. The van der Waals surface area contributed by atoms with Crippen molar-refractivity contribution in [2.24, 2.45) is 0 Å². The van der Waals surface area contributed by atoms with Crippen LogP contribution in [0.2, 0.25) is 0 Å². The van der Waals surface area contributed by atoms with Gasteiger partial charge < -0.3 is 14.8 Å². The Hall–Kier alpha value is -0.120. The molecule has 0 aromatic carbocycles. The smallest absolute Gasteiger partial charge is 0.0804 e. The molecule has 0 aromatic heterocycles. The zero-order valence-corrected chi connectivity index (χ0v) is 8.43. The fourth-order valence-corrected chi connectivity index (χ4v) is 1.13. The molecule has 0 aliphatic heterocycles. The van der Waals surface area contributed by atoms with Crippen molar-refractivity contribution < 1.29 is 9.47 Å². The largest absolute Gasteiger partial charge is 0.382 e. The number of nitrogens with one attached hydrogen (secondary N) is 1. The second kappa shape index (κ2) is 8.97. The van der Waals surface area contributed by atoms with Crippen LogP contribution in [0.3, 0.4) is 0 Å². The van der Waals surface area contributed by atoms with Crippen LogP contribution in [-0.4, -0.2) is 40.5 Å². The summed E-state index contributed by atoms with van der Waals surface area (Å²) in [5.41, 5.74) is 0. The fraction of sp³-hybridized carbons (Fsp3) is 1.00. The lowest BCUT2D eigenvalue weighted by Crippen LogP contribution is -2.17. The highest BCUT2D eigenvalue weighted by Gasteiger charge is 2.04. The first-order chi connectivity index (χ1) is 5.85. The number of unbranched alkanes of at least 4 members (excludes halogenated alkanes) is 1. The van der Waals surface area contributed by atoms with Gasteiger partial charge in [0.25, 0.3) is 0 Å². The van der Waals surface area contributed by atoms with Crippen molar-refractivity contribution in [2.75, 3.05) is 34.4 Å². The highest BCUT2D eigenvalue weighted by Crippen LogP contribution is 2.03. The zero-order valence-electron chi connectivity index (χ0n) is 8.43. The van der Waals surface area contributed by atoms with Crippen LogP contribution in [0.4, 0.5) is 0 Å². The van der Waals surface area contributed by atoms with Crippen molar-refractivity contribution in [3.63, 3.8) is 0 Å². The lowest BCUT2D eigenvalue weighted by Gasteiger charge is -2.13. The lowest BCUT2D eigenvalue weighted by atomic mass is 10.1. The Morgan fingerprint density at radius 1 is 1.25 bits per heavy atom. The maximum Gasteiger partial charge on any atom is 0.0804 e. The maximum absolute atomic E-state index is 5.23. The van der Waals surface area contributed by atoms with Crippen molar-refractivity contribution >= 4 is 0 Å². The minimum Gasteiger partial charge on any atom is -0.382 e. The second-order valence-electron chi connectivity index (χ2n) is 2.91. The van der Waals surface area contributed by atoms with Gasteiger partial charge >= 0.3 is 0 Å². The normalized spacial score (nSPS) is 13.2. The van der Waals surface area contributed by atoms with Gasteiger partial charge in [0.1, 0.15) is 0 Å². The van der Waals surface area contributed by atoms with Crippen LogP contribution in [-0.2, 0) is 9.47 Å². The summed E-state index contributed by atoms with van der Waals surface area (Å²) in [4.78, 5) is 0. The number of methoxy groups -OCH3 is 2. The molecule has 0 aliphatic carbocycles. The predicted octanol–water partition coefficient (Wildman–Crippen LogP) is 1.04. The van der Waals surface area contributed by atoms with Gasteiger partial charge in [-0.05, 0) is 32.9 Å². The first kappa shape index (κ1) is 11.9. The van der Waals surface area contributed by atoms with Crippen molar-refractivity contribution in [1.82, 2.24) is 5.32 Å². The Morgan fingerprint density at radius 3 is 2.50 bits per heavy atom. The minimum atomic E-state index is 0.270. The van der Waals surface area contributed by atoms with Gasteiger partial charge in [0, 0.05) is 14.2 Å². The summed E-state index contributed by atoms with van der Waals surface area (Å²) in [6, 6.07) is 0. The second-order valence-corrected chi connectivity index (χ2v) is 2.91. The summed E-state index contributed by atoms with van der Waals surface area (Å²) in [7, 11) is 5.42. The third kappa shape index (κ3) is 6.58. The van der Waals surface area contributed by atoms with E-state index in [1.165, 1.54) is 12.8 Å². The Morgan fingerprint density at radius 2 is 2.00 bits per heavy atom. The molecular formula is C9H21NO2. The van der Waals surface area contributed by atoms with E-state index in [0.717, 1.165) is 13.0 Å². The Labute approximate surface area is 75.4 Å². The van der Waals surface area contributed by atoms with Crippen molar-refractivity contribution in [2.45, 2.75) is 25.4 Å². The third-order valence-electron chi connectivity index (χ3n) is 1.89. The fourth-order valence-electron chi connectivity index (χ4n) is 1.13. The molecule has 0 saturated carbocycles. The Kier molecular flexibility index (Phi) is 8.88.